The lowest BCUT2D eigenvalue weighted by Gasteiger charge is -2.28. The molecule has 184 valence electrons. The molecule has 1 aliphatic heterocycles. The van der Waals surface area contributed by atoms with Gasteiger partial charge < -0.3 is 19.4 Å². The third-order valence-corrected chi connectivity index (χ3v) is 6.86. The standard InChI is InChI=1S/C26H28FN3O4S/c1-15(2)13-34-20-10-9-16(11-21(20)33-4)18-12-22(31)28-24-23(18)25(32)29-26(30(24)3)35-14-17-7-5-6-8-19(17)27/h5-11,15,18H,12-14H2,1-4H3,(H,28,31). The number of carbonyl (C=O) groups is 1. The average Bonchev–Trinajstić information content (AvgIpc) is 2.84. The van der Waals surface area contributed by atoms with Crippen molar-refractivity contribution in [2.24, 2.45) is 13.0 Å². The molecule has 1 unspecified atom stereocenters. The first-order chi connectivity index (χ1) is 16.8. The summed E-state index contributed by atoms with van der Waals surface area (Å²) in [7, 11) is 3.30. The Morgan fingerprint density at radius 1 is 1.20 bits per heavy atom. The monoisotopic (exact) mass is 497 g/mol. The maximum Gasteiger partial charge on any atom is 0.279 e. The Balaban J connectivity index is 1.68. The van der Waals surface area contributed by atoms with Crippen LogP contribution in [0.3, 0.4) is 0 Å². The molecule has 9 heteroatoms. The van der Waals surface area contributed by atoms with Crippen LogP contribution in [0.4, 0.5) is 10.2 Å². The molecule has 7 nitrogen and oxygen atoms in total. The molecular formula is C26H28FN3O4S. The first-order valence-corrected chi connectivity index (χ1v) is 12.3. The van der Waals surface area contributed by atoms with Crippen LogP contribution in [0.2, 0.25) is 0 Å². The molecule has 0 saturated carbocycles. The van der Waals surface area contributed by atoms with Gasteiger partial charge in [0.2, 0.25) is 5.91 Å². The van der Waals surface area contributed by atoms with Gasteiger partial charge >= 0.3 is 0 Å². The minimum absolute atomic E-state index is 0.112. The third kappa shape index (κ3) is 5.35. The van der Waals surface area contributed by atoms with E-state index in [0.717, 1.165) is 5.56 Å². The molecule has 0 aliphatic carbocycles. The fraction of sp³-hybridized carbons (Fsp3) is 0.346. The largest absolute Gasteiger partial charge is 0.493 e. The number of methoxy groups -OCH3 is 1. The highest BCUT2D eigenvalue weighted by Gasteiger charge is 2.32. The van der Waals surface area contributed by atoms with Crippen LogP contribution in [0.1, 0.15) is 42.9 Å². The van der Waals surface area contributed by atoms with Gasteiger partial charge in [0.1, 0.15) is 11.6 Å². The van der Waals surface area contributed by atoms with E-state index in [9.17, 15) is 14.0 Å². The maximum absolute atomic E-state index is 14.0. The van der Waals surface area contributed by atoms with Gasteiger partial charge in [0.15, 0.2) is 16.7 Å². The van der Waals surface area contributed by atoms with E-state index in [2.05, 4.69) is 24.1 Å². The Labute approximate surface area is 207 Å². The number of halogens is 1. The number of carbonyl (C=O) groups excluding carboxylic acids is 1. The van der Waals surface area contributed by atoms with E-state index in [1.807, 2.05) is 12.1 Å². The van der Waals surface area contributed by atoms with Crippen molar-refractivity contribution in [3.05, 3.63) is 75.3 Å². The van der Waals surface area contributed by atoms with Crippen molar-refractivity contribution in [1.82, 2.24) is 9.55 Å². The fourth-order valence-corrected chi connectivity index (χ4v) is 4.93. The number of nitrogens with one attached hydrogen (secondary N) is 1. The average molecular weight is 498 g/mol. The minimum atomic E-state index is -0.483. The van der Waals surface area contributed by atoms with E-state index >= 15 is 0 Å². The van der Waals surface area contributed by atoms with Crippen molar-refractivity contribution in [3.8, 4) is 11.5 Å². The molecule has 1 N–H and O–H groups in total. The van der Waals surface area contributed by atoms with Gasteiger partial charge in [-0.05, 0) is 35.2 Å². The summed E-state index contributed by atoms with van der Waals surface area (Å²) in [5.74, 6) is 1.21. The van der Waals surface area contributed by atoms with E-state index in [1.165, 1.54) is 17.8 Å². The van der Waals surface area contributed by atoms with E-state index in [1.54, 1.807) is 43.0 Å². The highest BCUT2D eigenvalue weighted by molar-refractivity contribution is 7.98. The number of fused-ring (bicyclic) bond motifs is 1. The fourth-order valence-electron chi connectivity index (χ4n) is 3.98. The van der Waals surface area contributed by atoms with Crippen molar-refractivity contribution in [2.45, 2.75) is 37.1 Å². The van der Waals surface area contributed by atoms with Crippen LogP contribution < -0.4 is 20.3 Å². The molecule has 1 atom stereocenters. The van der Waals surface area contributed by atoms with Crippen LogP contribution in [0.15, 0.2) is 52.4 Å². The number of anilines is 1. The Hall–Kier alpha value is -3.33. The zero-order chi connectivity index (χ0) is 25.1. The number of amides is 1. The SMILES string of the molecule is COc1cc(C2CC(=O)Nc3c2c(=O)nc(SCc2ccccc2F)n3C)ccc1OCC(C)C. The van der Waals surface area contributed by atoms with E-state index in [0.29, 0.717) is 51.9 Å². The van der Waals surface area contributed by atoms with Crippen molar-refractivity contribution in [2.75, 3.05) is 19.0 Å². The second-order valence-corrected chi connectivity index (χ2v) is 9.76. The van der Waals surface area contributed by atoms with Gasteiger partial charge in [-0.1, -0.05) is 49.9 Å². The zero-order valence-electron chi connectivity index (χ0n) is 20.1. The Bertz CT molecular complexity index is 1310. The normalized spacial score (nSPS) is 15.0. The Morgan fingerprint density at radius 3 is 2.69 bits per heavy atom. The summed E-state index contributed by atoms with van der Waals surface area (Å²) in [5.41, 5.74) is 1.28. The Kier molecular flexibility index (Phi) is 7.45. The quantitative estimate of drug-likeness (QED) is 0.358. The number of hydrogen-bond donors (Lipinski definition) is 1. The van der Waals surface area contributed by atoms with Crippen LogP contribution in [0.25, 0.3) is 0 Å². The molecule has 0 saturated heterocycles. The molecule has 0 bridgehead atoms. The van der Waals surface area contributed by atoms with Crippen LogP contribution in [0, 0.1) is 11.7 Å². The van der Waals surface area contributed by atoms with Crippen LogP contribution >= 0.6 is 11.8 Å². The summed E-state index contributed by atoms with van der Waals surface area (Å²) >= 11 is 1.24. The van der Waals surface area contributed by atoms with Gasteiger partial charge in [0, 0.05) is 25.1 Å². The minimum Gasteiger partial charge on any atom is -0.493 e. The van der Waals surface area contributed by atoms with E-state index in [4.69, 9.17) is 9.47 Å². The summed E-state index contributed by atoms with van der Waals surface area (Å²) in [4.78, 5) is 30.1. The molecular weight excluding hydrogens is 469 g/mol. The van der Waals surface area contributed by atoms with Crippen LogP contribution in [0.5, 0.6) is 11.5 Å². The van der Waals surface area contributed by atoms with Crippen molar-refractivity contribution >= 4 is 23.5 Å². The smallest absolute Gasteiger partial charge is 0.279 e. The van der Waals surface area contributed by atoms with E-state index < -0.39 is 11.5 Å². The number of hydrogen-bond acceptors (Lipinski definition) is 6. The highest BCUT2D eigenvalue weighted by atomic mass is 32.2. The molecule has 2 heterocycles. The topological polar surface area (TPSA) is 82.5 Å². The lowest BCUT2D eigenvalue weighted by atomic mass is 9.86. The molecule has 0 spiro atoms. The second kappa shape index (κ2) is 10.5. The van der Waals surface area contributed by atoms with E-state index in [-0.39, 0.29) is 18.1 Å². The van der Waals surface area contributed by atoms with Gasteiger partial charge in [-0.3, -0.25) is 9.59 Å². The molecule has 0 fully saturated rings. The Morgan fingerprint density at radius 2 is 1.97 bits per heavy atom. The third-order valence-electron chi connectivity index (χ3n) is 5.78. The predicted molar refractivity (Wildman–Crippen MR) is 134 cm³/mol. The number of rotatable bonds is 8. The van der Waals surface area contributed by atoms with Gasteiger partial charge in [-0.15, -0.1) is 0 Å². The van der Waals surface area contributed by atoms with Crippen LogP contribution in [-0.4, -0.2) is 29.2 Å². The number of aromatic nitrogens is 2. The summed E-state index contributed by atoms with van der Waals surface area (Å²) < 4.78 is 27.1. The van der Waals surface area contributed by atoms with Gasteiger partial charge in [0.05, 0.1) is 19.3 Å². The first kappa shape index (κ1) is 24.8. The van der Waals surface area contributed by atoms with Gasteiger partial charge in [-0.2, -0.15) is 4.98 Å². The van der Waals surface area contributed by atoms with Gasteiger partial charge in [0.25, 0.3) is 5.56 Å². The molecule has 35 heavy (non-hydrogen) atoms. The molecule has 1 aromatic heterocycles. The van der Waals surface area contributed by atoms with Crippen LogP contribution in [-0.2, 0) is 17.6 Å². The number of ether oxygens (including phenoxy) is 2. The molecule has 0 radical (unpaired) electrons. The first-order valence-electron chi connectivity index (χ1n) is 11.4. The number of nitrogens with zero attached hydrogens (tertiary/aromatic N) is 2. The molecule has 4 rings (SSSR count). The van der Waals surface area contributed by atoms with Crippen molar-refractivity contribution in [3.63, 3.8) is 0 Å². The zero-order valence-corrected chi connectivity index (χ0v) is 20.9. The lowest BCUT2D eigenvalue weighted by Crippen LogP contribution is -2.33. The van der Waals surface area contributed by atoms with Crippen molar-refractivity contribution in [1.29, 1.82) is 0 Å². The highest BCUT2D eigenvalue weighted by Crippen LogP contribution is 2.39. The second-order valence-electron chi connectivity index (χ2n) is 8.82. The summed E-state index contributed by atoms with van der Waals surface area (Å²) in [6.07, 6.45) is 0.112. The molecule has 1 aliphatic rings. The van der Waals surface area contributed by atoms with Crippen molar-refractivity contribution < 1.29 is 18.7 Å². The number of thioether (sulfide) groups is 1. The number of benzene rings is 2. The summed E-state index contributed by atoms with van der Waals surface area (Å²) in [6.45, 7) is 4.66. The summed E-state index contributed by atoms with van der Waals surface area (Å²) in [6, 6.07) is 11.9. The molecule has 1 amide bonds. The van der Waals surface area contributed by atoms with Gasteiger partial charge in [-0.25, -0.2) is 4.39 Å². The molecule has 3 aromatic rings. The molecule has 2 aromatic carbocycles. The maximum atomic E-state index is 14.0. The summed E-state index contributed by atoms with van der Waals surface area (Å²) in [5, 5.41) is 3.23. The lowest BCUT2D eigenvalue weighted by molar-refractivity contribution is -0.116. The predicted octanol–water partition coefficient (Wildman–Crippen LogP) is 4.73.